The Kier molecular flexibility index (Phi) is 15.2. The van der Waals surface area contributed by atoms with Gasteiger partial charge in [-0.1, -0.05) is 22.6 Å². The number of aliphatic carboxylic acids is 1. The van der Waals surface area contributed by atoms with Crippen molar-refractivity contribution in [2.24, 2.45) is 0 Å². The molecule has 0 amide bonds. The second kappa shape index (κ2) is 11.9. The Bertz CT molecular complexity index is 67.4. The van der Waals surface area contributed by atoms with Gasteiger partial charge in [-0.05, 0) is 17.3 Å². The molecule has 0 atom stereocenters. The van der Waals surface area contributed by atoms with Gasteiger partial charge in [0.2, 0.25) is 0 Å². The number of rotatable bonds is 3. The molecule has 0 bridgehead atoms. The molecule has 0 aliphatic carbocycles. The second-order valence-corrected chi connectivity index (χ2v) is 2.72. The first kappa shape index (κ1) is 12.8. The maximum absolute atomic E-state index is 9.00. The van der Waals surface area contributed by atoms with E-state index in [1.807, 2.05) is 0 Å². The molecule has 0 unspecified atom stereocenters. The highest BCUT2D eigenvalue weighted by atomic mass is 127. The topological polar surface area (TPSA) is 57.5 Å². The number of hydrogen-bond acceptors (Lipinski definition) is 2. The van der Waals surface area contributed by atoms with Crippen LogP contribution < -0.4 is 0 Å². The van der Waals surface area contributed by atoms with Crippen LogP contribution in [0.3, 0.4) is 0 Å². The van der Waals surface area contributed by atoms with E-state index in [9.17, 15) is 0 Å². The number of alkyl halides is 1. The molecular weight excluding hydrogens is 247 g/mol. The first-order chi connectivity index (χ1) is 4.65. The number of unbranched alkanes of at least 4 members (excludes halogenated alkanes) is 1. The lowest BCUT2D eigenvalue weighted by atomic mass is 10.4. The largest absolute Gasteiger partial charge is 0.481 e. The molecule has 2 N–H and O–H groups in total. The van der Waals surface area contributed by atoms with Gasteiger partial charge in [-0.2, -0.15) is 0 Å². The van der Waals surface area contributed by atoms with E-state index in [2.05, 4.69) is 22.6 Å². The molecule has 0 fully saturated rings. The lowest BCUT2D eigenvalue weighted by molar-refractivity contribution is -0.134. The average molecular weight is 260 g/mol. The van der Waals surface area contributed by atoms with Gasteiger partial charge >= 0.3 is 0 Å². The minimum atomic E-state index is -0.833. The first-order valence-electron chi connectivity index (χ1n) is 3.01. The number of carboxylic acid groups (broad SMARTS) is 1. The Balaban J connectivity index is 0. The van der Waals surface area contributed by atoms with Gasteiger partial charge in [0.1, 0.15) is 0 Å². The average Bonchev–Trinajstić information content (AvgIpc) is 1.82. The van der Waals surface area contributed by atoms with Crippen LogP contribution in [0.15, 0.2) is 0 Å². The fourth-order valence-corrected chi connectivity index (χ4v) is 0.746. The zero-order valence-corrected chi connectivity index (χ0v) is 8.17. The summed E-state index contributed by atoms with van der Waals surface area (Å²) in [7, 11) is 0. The van der Waals surface area contributed by atoms with E-state index in [0.717, 1.165) is 19.8 Å². The fourth-order valence-electron chi connectivity index (χ4n) is 0.206. The predicted octanol–water partition coefficient (Wildman–Crippen LogP) is 1.28. The van der Waals surface area contributed by atoms with Crippen LogP contribution in [-0.4, -0.2) is 27.2 Å². The summed E-state index contributed by atoms with van der Waals surface area (Å²) < 4.78 is 1.16. The minimum Gasteiger partial charge on any atom is -0.481 e. The predicted molar refractivity (Wildman–Crippen MR) is 48.5 cm³/mol. The fraction of sp³-hybridized carbons (Fsp3) is 0.833. The summed E-state index contributed by atoms with van der Waals surface area (Å²) in [6.07, 6.45) is 2.11. The third-order valence-corrected chi connectivity index (χ3v) is 1.30. The minimum absolute atomic E-state index is 0.350. The number of aliphatic hydroxyl groups is 1. The van der Waals surface area contributed by atoms with Crippen molar-refractivity contribution in [3.63, 3.8) is 0 Å². The standard InChI is InChI=1S/C4H9IO.C2H4O2/c5-3-1-2-4-6;1-2(3)4/h6H,1-4H2;1H3,(H,3,4). The van der Waals surface area contributed by atoms with Crippen LogP contribution >= 0.6 is 22.6 Å². The van der Waals surface area contributed by atoms with Crippen molar-refractivity contribution in [1.82, 2.24) is 0 Å². The maximum Gasteiger partial charge on any atom is 0.300 e. The molecule has 62 valence electrons. The second-order valence-electron chi connectivity index (χ2n) is 1.64. The molecular formula is C6H13IO3. The van der Waals surface area contributed by atoms with Crippen LogP contribution in [0.1, 0.15) is 19.8 Å². The van der Waals surface area contributed by atoms with Crippen molar-refractivity contribution < 1.29 is 15.0 Å². The Morgan fingerprint density at radius 1 is 1.50 bits per heavy atom. The van der Waals surface area contributed by atoms with Crippen molar-refractivity contribution in [1.29, 1.82) is 0 Å². The summed E-state index contributed by atoms with van der Waals surface area (Å²) in [5.74, 6) is -0.833. The number of carbonyl (C=O) groups is 1. The molecule has 0 aromatic carbocycles. The highest BCUT2D eigenvalue weighted by molar-refractivity contribution is 14.1. The lowest BCUT2D eigenvalue weighted by Crippen LogP contribution is -1.80. The van der Waals surface area contributed by atoms with Gasteiger partial charge in [0.05, 0.1) is 0 Å². The van der Waals surface area contributed by atoms with E-state index in [1.165, 1.54) is 4.43 Å². The summed E-state index contributed by atoms with van der Waals surface area (Å²) in [4.78, 5) is 9.00. The zero-order valence-electron chi connectivity index (χ0n) is 6.01. The number of halogens is 1. The number of hydrogen-bond donors (Lipinski definition) is 2. The number of carboxylic acids is 1. The van der Waals surface area contributed by atoms with E-state index in [-0.39, 0.29) is 0 Å². The summed E-state index contributed by atoms with van der Waals surface area (Å²) in [6, 6.07) is 0. The molecule has 0 heterocycles. The van der Waals surface area contributed by atoms with Gasteiger partial charge in [-0.15, -0.1) is 0 Å². The van der Waals surface area contributed by atoms with Crippen LogP contribution in [0.5, 0.6) is 0 Å². The molecule has 0 radical (unpaired) electrons. The summed E-state index contributed by atoms with van der Waals surface area (Å²) in [5, 5.41) is 15.6. The molecule has 4 heteroatoms. The molecule has 3 nitrogen and oxygen atoms in total. The van der Waals surface area contributed by atoms with Gasteiger partial charge in [0.15, 0.2) is 0 Å². The van der Waals surface area contributed by atoms with Gasteiger partial charge in [-0.25, -0.2) is 0 Å². The van der Waals surface area contributed by atoms with E-state index in [0.29, 0.717) is 6.61 Å². The Hall–Kier alpha value is 0.160. The molecule has 0 aliphatic rings. The normalized spacial score (nSPS) is 7.90. The first-order valence-corrected chi connectivity index (χ1v) is 4.54. The molecule has 0 saturated heterocycles. The van der Waals surface area contributed by atoms with E-state index in [1.54, 1.807) is 0 Å². The van der Waals surface area contributed by atoms with Gasteiger partial charge in [-0.3, -0.25) is 4.79 Å². The summed E-state index contributed by atoms with van der Waals surface area (Å²) in [5.41, 5.74) is 0. The van der Waals surface area contributed by atoms with Gasteiger partial charge in [0.25, 0.3) is 5.97 Å². The SMILES string of the molecule is CC(=O)O.OCCCCI. The highest BCUT2D eigenvalue weighted by Gasteiger charge is 1.77. The van der Waals surface area contributed by atoms with Crippen LogP contribution in [0.4, 0.5) is 0 Å². The van der Waals surface area contributed by atoms with Gasteiger partial charge < -0.3 is 10.2 Å². The van der Waals surface area contributed by atoms with Crippen molar-refractivity contribution in [2.45, 2.75) is 19.8 Å². The van der Waals surface area contributed by atoms with Crippen LogP contribution in [0.25, 0.3) is 0 Å². The van der Waals surface area contributed by atoms with Crippen LogP contribution in [-0.2, 0) is 4.79 Å². The summed E-state index contributed by atoms with van der Waals surface area (Å²) >= 11 is 2.30. The lowest BCUT2D eigenvalue weighted by Gasteiger charge is -1.84. The molecule has 0 saturated carbocycles. The van der Waals surface area contributed by atoms with Crippen molar-refractivity contribution in [3.8, 4) is 0 Å². The third kappa shape index (κ3) is 41.9. The summed E-state index contributed by atoms with van der Waals surface area (Å²) in [6.45, 7) is 1.43. The van der Waals surface area contributed by atoms with E-state index in [4.69, 9.17) is 15.0 Å². The highest BCUT2D eigenvalue weighted by Crippen LogP contribution is 1.91. The van der Waals surface area contributed by atoms with Crippen LogP contribution in [0, 0.1) is 0 Å². The van der Waals surface area contributed by atoms with Crippen LogP contribution in [0.2, 0.25) is 0 Å². The third-order valence-electron chi connectivity index (χ3n) is 0.542. The molecule has 0 spiro atoms. The smallest absolute Gasteiger partial charge is 0.300 e. The number of aliphatic hydroxyl groups excluding tert-OH is 1. The Labute approximate surface area is 74.6 Å². The molecule has 0 aliphatic heterocycles. The Morgan fingerprint density at radius 2 is 1.90 bits per heavy atom. The van der Waals surface area contributed by atoms with Crippen molar-refractivity contribution in [2.75, 3.05) is 11.0 Å². The quantitative estimate of drug-likeness (QED) is 0.456. The maximum atomic E-state index is 9.00. The molecule has 0 rings (SSSR count). The molecule has 10 heavy (non-hydrogen) atoms. The Morgan fingerprint density at radius 3 is 2.00 bits per heavy atom. The molecule has 0 aromatic rings. The van der Waals surface area contributed by atoms with Gasteiger partial charge in [0, 0.05) is 13.5 Å². The van der Waals surface area contributed by atoms with Crippen molar-refractivity contribution in [3.05, 3.63) is 0 Å². The zero-order chi connectivity index (χ0) is 8.41. The molecule has 0 aromatic heterocycles. The monoisotopic (exact) mass is 260 g/mol. The van der Waals surface area contributed by atoms with E-state index < -0.39 is 5.97 Å². The van der Waals surface area contributed by atoms with Crippen molar-refractivity contribution >= 4 is 28.6 Å². The van der Waals surface area contributed by atoms with E-state index >= 15 is 0 Å².